The second-order valence-electron chi connectivity index (χ2n) is 2.83. The third kappa shape index (κ3) is 1.15. The first-order chi connectivity index (χ1) is 7.36. The number of aromatic nitrogens is 6. The van der Waals surface area contributed by atoms with E-state index in [0.29, 0.717) is 16.9 Å². The van der Waals surface area contributed by atoms with Gasteiger partial charge in [-0.15, -0.1) is 16.4 Å². The Hall–Kier alpha value is -2.09. The first-order valence-corrected chi connectivity index (χ1v) is 4.98. The van der Waals surface area contributed by atoms with Crippen LogP contribution in [-0.4, -0.2) is 30.0 Å². The van der Waals surface area contributed by atoms with Gasteiger partial charge in [0, 0.05) is 17.8 Å². The molecule has 3 rings (SSSR count). The van der Waals surface area contributed by atoms with Gasteiger partial charge in [-0.3, -0.25) is 9.81 Å². The van der Waals surface area contributed by atoms with E-state index in [-0.39, 0.29) is 0 Å². The van der Waals surface area contributed by atoms with E-state index < -0.39 is 0 Å². The number of fused-ring (bicyclic) bond motifs is 1. The number of nitrogens with one attached hydrogen (secondary N) is 2. The number of thiazole rings is 1. The van der Waals surface area contributed by atoms with Gasteiger partial charge in [0.2, 0.25) is 0 Å². The van der Waals surface area contributed by atoms with Crippen LogP contribution in [0.1, 0.15) is 0 Å². The standard InChI is InChI=1S/C7H5N7S/c8-5-4(6-10-12-13-11-6)3-9-7-14(5)1-2-15-7/h1-3,8H,(H,10,11,12,13). The van der Waals surface area contributed by atoms with Crippen LogP contribution in [0.15, 0.2) is 17.8 Å². The lowest BCUT2D eigenvalue weighted by atomic mass is 10.3. The maximum Gasteiger partial charge on any atom is 0.195 e. The molecule has 0 atom stereocenters. The summed E-state index contributed by atoms with van der Waals surface area (Å²) < 4.78 is 1.68. The summed E-state index contributed by atoms with van der Waals surface area (Å²) in [5.74, 6) is 0.452. The van der Waals surface area contributed by atoms with Crippen LogP contribution in [0.25, 0.3) is 16.3 Å². The number of aromatic amines is 1. The number of H-pyrrole nitrogens is 1. The van der Waals surface area contributed by atoms with E-state index in [2.05, 4.69) is 25.6 Å². The Kier molecular flexibility index (Phi) is 1.62. The highest BCUT2D eigenvalue weighted by atomic mass is 32.1. The van der Waals surface area contributed by atoms with E-state index in [1.807, 2.05) is 5.38 Å². The van der Waals surface area contributed by atoms with Gasteiger partial charge in [-0.05, 0) is 10.4 Å². The minimum Gasteiger partial charge on any atom is -0.283 e. The van der Waals surface area contributed by atoms with Crippen molar-refractivity contribution in [2.75, 3.05) is 0 Å². The van der Waals surface area contributed by atoms with Gasteiger partial charge in [0.05, 0.1) is 5.56 Å². The average Bonchev–Trinajstić information content (AvgIpc) is 2.87. The molecule has 3 heterocycles. The zero-order valence-corrected chi connectivity index (χ0v) is 8.19. The van der Waals surface area contributed by atoms with E-state index in [4.69, 9.17) is 5.41 Å². The Balaban J connectivity index is 2.38. The molecule has 74 valence electrons. The van der Waals surface area contributed by atoms with Gasteiger partial charge in [0.25, 0.3) is 0 Å². The van der Waals surface area contributed by atoms with Crippen molar-refractivity contribution >= 4 is 16.3 Å². The average molecular weight is 219 g/mol. The van der Waals surface area contributed by atoms with Gasteiger partial charge < -0.3 is 0 Å². The normalized spacial score (nSPS) is 10.9. The molecule has 0 amide bonds. The number of rotatable bonds is 1. The fourth-order valence-corrected chi connectivity index (χ4v) is 1.98. The number of hydrogen-bond acceptors (Lipinski definition) is 6. The summed E-state index contributed by atoms with van der Waals surface area (Å²) in [5.41, 5.74) is 0.899. The molecule has 0 aromatic carbocycles. The van der Waals surface area contributed by atoms with Crippen molar-refractivity contribution in [3.05, 3.63) is 23.3 Å². The molecule has 3 aromatic rings. The Morgan fingerprint density at radius 3 is 3.20 bits per heavy atom. The monoisotopic (exact) mass is 219 g/mol. The quantitative estimate of drug-likeness (QED) is 0.604. The van der Waals surface area contributed by atoms with Crippen LogP contribution in [0.5, 0.6) is 0 Å². The highest BCUT2D eigenvalue weighted by Crippen LogP contribution is 2.10. The van der Waals surface area contributed by atoms with E-state index in [9.17, 15) is 0 Å². The van der Waals surface area contributed by atoms with Crippen LogP contribution in [-0.2, 0) is 0 Å². The first-order valence-electron chi connectivity index (χ1n) is 4.10. The highest BCUT2D eigenvalue weighted by molar-refractivity contribution is 7.15. The minimum atomic E-state index is 0.319. The van der Waals surface area contributed by atoms with Crippen molar-refractivity contribution < 1.29 is 0 Å². The molecule has 0 radical (unpaired) electrons. The molecule has 0 aliphatic rings. The van der Waals surface area contributed by atoms with Crippen molar-refractivity contribution in [3.63, 3.8) is 0 Å². The second kappa shape index (κ2) is 2.95. The van der Waals surface area contributed by atoms with Gasteiger partial charge in [-0.1, -0.05) is 0 Å². The largest absolute Gasteiger partial charge is 0.283 e. The van der Waals surface area contributed by atoms with Crippen LogP contribution < -0.4 is 5.49 Å². The Morgan fingerprint density at radius 1 is 1.47 bits per heavy atom. The lowest BCUT2D eigenvalue weighted by molar-refractivity contribution is 0.881. The lowest BCUT2D eigenvalue weighted by Crippen LogP contribution is -2.15. The summed E-state index contributed by atoms with van der Waals surface area (Å²) in [7, 11) is 0. The van der Waals surface area contributed by atoms with Crippen molar-refractivity contribution in [2.45, 2.75) is 0 Å². The molecular formula is C7H5N7S. The van der Waals surface area contributed by atoms with Gasteiger partial charge >= 0.3 is 0 Å². The first kappa shape index (κ1) is 8.24. The summed E-state index contributed by atoms with van der Waals surface area (Å²) in [5, 5.41) is 23.1. The van der Waals surface area contributed by atoms with Crippen LogP contribution in [0.3, 0.4) is 0 Å². The molecular weight excluding hydrogens is 214 g/mol. The second-order valence-corrected chi connectivity index (χ2v) is 3.70. The molecule has 0 saturated heterocycles. The Morgan fingerprint density at radius 2 is 2.40 bits per heavy atom. The number of tetrazole rings is 1. The maximum atomic E-state index is 7.95. The predicted octanol–water partition coefficient (Wildman–Crippen LogP) is 0.0554. The van der Waals surface area contributed by atoms with Crippen molar-refractivity contribution in [3.8, 4) is 11.4 Å². The molecule has 0 aliphatic carbocycles. The summed E-state index contributed by atoms with van der Waals surface area (Å²) in [6.45, 7) is 0. The smallest absolute Gasteiger partial charge is 0.195 e. The molecule has 0 bridgehead atoms. The highest BCUT2D eigenvalue weighted by Gasteiger charge is 2.07. The summed E-state index contributed by atoms with van der Waals surface area (Å²) in [6, 6.07) is 0. The molecule has 0 fully saturated rings. The Bertz CT molecular complexity index is 649. The molecule has 0 aliphatic heterocycles. The van der Waals surface area contributed by atoms with Crippen LogP contribution >= 0.6 is 11.3 Å². The van der Waals surface area contributed by atoms with Gasteiger partial charge in [0.1, 0.15) is 5.49 Å². The molecule has 8 heteroatoms. The summed E-state index contributed by atoms with van der Waals surface area (Å²) in [6.07, 6.45) is 3.39. The summed E-state index contributed by atoms with van der Waals surface area (Å²) in [4.78, 5) is 4.98. The third-order valence-electron chi connectivity index (χ3n) is 1.99. The van der Waals surface area contributed by atoms with E-state index in [1.165, 1.54) is 11.3 Å². The zero-order valence-electron chi connectivity index (χ0n) is 7.38. The Labute approximate surface area is 86.9 Å². The van der Waals surface area contributed by atoms with E-state index >= 15 is 0 Å². The predicted molar refractivity (Wildman–Crippen MR) is 52.1 cm³/mol. The SMILES string of the molecule is N=c1c(-c2nnn[nH]2)cnc2sccn12. The molecule has 15 heavy (non-hydrogen) atoms. The number of nitrogens with zero attached hydrogens (tertiary/aromatic N) is 5. The topological polar surface area (TPSA) is 95.6 Å². The maximum absolute atomic E-state index is 7.95. The number of hydrogen-bond donors (Lipinski definition) is 2. The van der Waals surface area contributed by atoms with Crippen LogP contribution in [0.4, 0.5) is 0 Å². The zero-order chi connectivity index (χ0) is 10.3. The molecule has 3 aromatic heterocycles. The van der Waals surface area contributed by atoms with Crippen molar-refractivity contribution in [2.24, 2.45) is 0 Å². The van der Waals surface area contributed by atoms with Crippen LogP contribution in [0, 0.1) is 5.41 Å². The third-order valence-corrected chi connectivity index (χ3v) is 2.76. The van der Waals surface area contributed by atoms with Crippen molar-refractivity contribution in [1.29, 1.82) is 5.41 Å². The minimum absolute atomic E-state index is 0.319. The van der Waals surface area contributed by atoms with Crippen LogP contribution in [0.2, 0.25) is 0 Å². The molecule has 0 saturated carbocycles. The van der Waals surface area contributed by atoms with Gasteiger partial charge in [0.15, 0.2) is 10.8 Å². The molecule has 2 N–H and O–H groups in total. The van der Waals surface area contributed by atoms with Gasteiger partial charge in [-0.25, -0.2) is 10.1 Å². The fourth-order valence-electron chi connectivity index (χ4n) is 1.29. The van der Waals surface area contributed by atoms with E-state index in [0.717, 1.165) is 4.96 Å². The van der Waals surface area contributed by atoms with Crippen molar-refractivity contribution in [1.82, 2.24) is 30.0 Å². The van der Waals surface area contributed by atoms with E-state index in [1.54, 1.807) is 16.8 Å². The molecule has 0 unspecified atom stereocenters. The fraction of sp³-hybridized carbons (Fsp3) is 0. The lowest BCUT2D eigenvalue weighted by Gasteiger charge is -1.97. The summed E-state index contributed by atoms with van der Waals surface area (Å²) >= 11 is 1.48. The molecule has 7 nitrogen and oxygen atoms in total. The molecule has 0 spiro atoms. The van der Waals surface area contributed by atoms with Gasteiger partial charge in [-0.2, -0.15) is 0 Å².